The lowest BCUT2D eigenvalue weighted by Gasteiger charge is -2.34. The summed E-state index contributed by atoms with van der Waals surface area (Å²) in [6.45, 7) is 9.40. The summed E-state index contributed by atoms with van der Waals surface area (Å²) in [7, 11) is 0. The van der Waals surface area contributed by atoms with Crippen molar-refractivity contribution in [2.45, 2.75) is 46.3 Å². The molecule has 0 N–H and O–H groups in total. The Labute approximate surface area is 159 Å². The topological polar surface area (TPSA) is 67.2 Å². The summed E-state index contributed by atoms with van der Waals surface area (Å²) in [4.78, 5) is 17.1. The molecule has 2 heterocycles. The number of hydrogen-bond donors (Lipinski definition) is 0. The zero-order valence-electron chi connectivity index (χ0n) is 16.2. The smallest absolute Gasteiger partial charge is 0.244 e. The van der Waals surface area contributed by atoms with Crippen LogP contribution in [0.5, 0.6) is 0 Å². The van der Waals surface area contributed by atoms with Crippen LogP contribution in [0, 0.1) is 18.7 Å². The molecule has 1 aromatic heterocycles. The average Bonchev–Trinajstić information content (AvgIpc) is 2.91. The molecule has 0 bridgehead atoms. The van der Waals surface area contributed by atoms with Gasteiger partial charge < -0.3 is 4.90 Å². The molecule has 0 spiro atoms. The number of nitrogens with zero attached hydrogens (tertiary/aromatic N) is 6. The Hall–Kier alpha value is -2.35. The Balaban J connectivity index is 1.69. The van der Waals surface area contributed by atoms with Crippen LogP contribution in [0.1, 0.15) is 31.7 Å². The van der Waals surface area contributed by atoms with E-state index in [0.717, 1.165) is 31.6 Å². The number of hydrogen-bond acceptors (Lipinski definition) is 5. The molecule has 1 aromatic carbocycles. The highest BCUT2D eigenvalue weighted by Gasteiger charge is 2.29. The summed E-state index contributed by atoms with van der Waals surface area (Å²) in [5, 5.41) is 11.3. The molecule has 8 heteroatoms. The summed E-state index contributed by atoms with van der Waals surface area (Å²) < 4.78 is 14.7. The zero-order valence-corrected chi connectivity index (χ0v) is 16.2. The number of carbonyl (C=O) groups excluding carboxylic acids is 1. The molecule has 27 heavy (non-hydrogen) atoms. The molecule has 1 aliphatic heterocycles. The van der Waals surface area contributed by atoms with Gasteiger partial charge in [0.05, 0.1) is 0 Å². The molecule has 1 aliphatic rings. The molecular weight excluding hydrogens is 347 g/mol. The van der Waals surface area contributed by atoms with E-state index in [-0.39, 0.29) is 24.3 Å². The van der Waals surface area contributed by atoms with Crippen molar-refractivity contribution in [3.63, 3.8) is 0 Å². The van der Waals surface area contributed by atoms with E-state index in [0.29, 0.717) is 18.3 Å². The monoisotopic (exact) mass is 374 g/mol. The lowest BCUT2D eigenvalue weighted by molar-refractivity contribution is -0.132. The quantitative estimate of drug-likeness (QED) is 0.799. The Morgan fingerprint density at radius 3 is 2.63 bits per heavy atom. The number of halogens is 1. The standard InChI is InChI=1S/C19H27FN6O/c1-14(2)18-12-25(19(27)13-26-15(3)21-22-23-26)10-4-9-24(18)11-16-5-7-17(20)8-6-16/h5-8,14,18H,4,9-13H2,1-3H3/t18-/m1/s1. The molecule has 0 aliphatic carbocycles. The average molecular weight is 374 g/mol. The van der Waals surface area contributed by atoms with Crippen molar-refractivity contribution in [2.75, 3.05) is 19.6 Å². The van der Waals surface area contributed by atoms with E-state index in [1.54, 1.807) is 6.92 Å². The van der Waals surface area contributed by atoms with Gasteiger partial charge in [0, 0.05) is 32.2 Å². The second-order valence-electron chi connectivity index (χ2n) is 7.49. The van der Waals surface area contributed by atoms with Crippen LogP contribution >= 0.6 is 0 Å². The number of amides is 1. The lowest BCUT2D eigenvalue weighted by atomic mass is 10.0. The van der Waals surface area contributed by atoms with Crippen LogP contribution in [-0.2, 0) is 17.9 Å². The van der Waals surface area contributed by atoms with Crippen LogP contribution in [0.15, 0.2) is 24.3 Å². The van der Waals surface area contributed by atoms with E-state index >= 15 is 0 Å². The van der Waals surface area contributed by atoms with Gasteiger partial charge in [-0.25, -0.2) is 9.07 Å². The van der Waals surface area contributed by atoms with E-state index in [1.165, 1.54) is 16.8 Å². The zero-order chi connectivity index (χ0) is 19.4. The van der Waals surface area contributed by atoms with Crippen molar-refractivity contribution >= 4 is 5.91 Å². The highest BCUT2D eigenvalue weighted by molar-refractivity contribution is 5.76. The Morgan fingerprint density at radius 2 is 2.00 bits per heavy atom. The minimum Gasteiger partial charge on any atom is -0.339 e. The van der Waals surface area contributed by atoms with Crippen molar-refractivity contribution in [3.05, 3.63) is 41.5 Å². The Kier molecular flexibility index (Phi) is 6.15. The minimum atomic E-state index is -0.218. The first-order valence-electron chi connectivity index (χ1n) is 9.43. The summed E-state index contributed by atoms with van der Waals surface area (Å²) in [5.74, 6) is 0.856. The number of carbonyl (C=O) groups is 1. The maximum absolute atomic E-state index is 13.2. The molecule has 1 saturated heterocycles. The predicted octanol–water partition coefficient (Wildman–Crippen LogP) is 1.88. The largest absolute Gasteiger partial charge is 0.339 e. The Morgan fingerprint density at radius 1 is 1.26 bits per heavy atom. The van der Waals surface area contributed by atoms with Gasteiger partial charge in [-0.1, -0.05) is 26.0 Å². The van der Waals surface area contributed by atoms with Crippen molar-refractivity contribution in [1.82, 2.24) is 30.0 Å². The number of tetrazole rings is 1. The van der Waals surface area contributed by atoms with E-state index in [9.17, 15) is 9.18 Å². The van der Waals surface area contributed by atoms with Crippen LogP contribution in [0.2, 0.25) is 0 Å². The SMILES string of the molecule is Cc1nnnn1CC(=O)N1CCCN(Cc2ccc(F)cc2)[C@@H](C(C)C)C1. The summed E-state index contributed by atoms with van der Waals surface area (Å²) in [6.07, 6.45) is 0.907. The maximum atomic E-state index is 13.2. The first kappa shape index (κ1) is 19.4. The van der Waals surface area contributed by atoms with Gasteiger partial charge in [-0.05, 0) is 47.4 Å². The number of benzene rings is 1. The van der Waals surface area contributed by atoms with E-state index in [1.807, 2.05) is 17.0 Å². The minimum absolute atomic E-state index is 0.0414. The fourth-order valence-electron chi connectivity index (χ4n) is 3.57. The normalized spacial score (nSPS) is 18.7. The molecule has 1 amide bonds. The fraction of sp³-hybridized carbons (Fsp3) is 0.579. The highest BCUT2D eigenvalue weighted by atomic mass is 19.1. The molecule has 0 saturated carbocycles. The second-order valence-corrected chi connectivity index (χ2v) is 7.49. The molecule has 0 radical (unpaired) electrons. The van der Waals surface area contributed by atoms with E-state index in [4.69, 9.17) is 0 Å². The maximum Gasteiger partial charge on any atom is 0.244 e. The summed E-state index contributed by atoms with van der Waals surface area (Å²) in [5.41, 5.74) is 1.09. The fourth-order valence-corrected chi connectivity index (χ4v) is 3.57. The van der Waals surface area contributed by atoms with Gasteiger partial charge in [0.25, 0.3) is 0 Å². The van der Waals surface area contributed by atoms with Crippen LogP contribution in [0.25, 0.3) is 0 Å². The molecule has 3 rings (SSSR count). The molecule has 146 valence electrons. The van der Waals surface area contributed by atoms with Crippen LogP contribution < -0.4 is 0 Å². The first-order chi connectivity index (χ1) is 12.9. The third-order valence-electron chi connectivity index (χ3n) is 5.17. The molecule has 7 nitrogen and oxygen atoms in total. The lowest BCUT2D eigenvalue weighted by Crippen LogP contribution is -2.46. The van der Waals surface area contributed by atoms with E-state index in [2.05, 4.69) is 34.3 Å². The van der Waals surface area contributed by atoms with E-state index < -0.39 is 0 Å². The van der Waals surface area contributed by atoms with Gasteiger partial charge in [-0.15, -0.1) is 5.10 Å². The van der Waals surface area contributed by atoms with Crippen LogP contribution in [0.4, 0.5) is 4.39 Å². The van der Waals surface area contributed by atoms with Gasteiger partial charge in [0.15, 0.2) is 0 Å². The number of aryl methyl sites for hydroxylation is 1. The van der Waals surface area contributed by atoms with Gasteiger partial charge in [-0.2, -0.15) is 0 Å². The van der Waals surface area contributed by atoms with Crippen molar-refractivity contribution in [2.24, 2.45) is 5.92 Å². The number of rotatable bonds is 5. The van der Waals surface area contributed by atoms with Crippen molar-refractivity contribution in [1.29, 1.82) is 0 Å². The third-order valence-corrected chi connectivity index (χ3v) is 5.17. The molecule has 2 aromatic rings. The van der Waals surface area contributed by atoms with Gasteiger partial charge in [0.1, 0.15) is 18.2 Å². The van der Waals surface area contributed by atoms with Crippen molar-refractivity contribution < 1.29 is 9.18 Å². The third kappa shape index (κ3) is 4.88. The van der Waals surface area contributed by atoms with Gasteiger partial charge in [-0.3, -0.25) is 9.69 Å². The van der Waals surface area contributed by atoms with Gasteiger partial charge in [0.2, 0.25) is 5.91 Å². The predicted molar refractivity (Wildman–Crippen MR) is 99.2 cm³/mol. The van der Waals surface area contributed by atoms with Crippen molar-refractivity contribution in [3.8, 4) is 0 Å². The molecule has 1 fully saturated rings. The number of aromatic nitrogens is 4. The highest BCUT2D eigenvalue weighted by Crippen LogP contribution is 2.20. The second kappa shape index (κ2) is 8.56. The Bertz CT molecular complexity index is 760. The van der Waals surface area contributed by atoms with Gasteiger partial charge >= 0.3 is 0 Å². The first-order valence-corrected chi connectivity index (χ1v) is 9.43. The summed E-state index contributed by atoms with van der Waals surface area (Å²) in [6, 6.07) is 6.92. The molecule has 1 atom stereocenters. The van der Waals surface area contributed by atoms with Crippen LogP contribution in [0.3, 0.4) is 0 Å². The summed E-state index contributed by atoms with van der Waals surface area (Å²) >= 11 is 0. The molecular formula is C19H27FN6O. The van der Waals surface area contributed by atoms with Crippen LogP contribution in [-0.4, -0.2) is 61.6 Å². The molecule has 0 unspecified atom stereocenters.